The predicted molar refractivity (Wildman–Crippen MR) is 131 cm³/mol. The van der Waals surface area contributed by atoms with Gasteiger partial charge in [0.2, 0.25) is 0 Å². The average Bonchev–Trinajstić information content (AvgIpc) is 2.97. The Bertz CT molecular complexity index is 1280. The Morgan fingerprint density at radius 1 is 0.879 bits per heavy atom. The number of methoxy groups -OCH3 is 1. The fourth-order valence-corrected chi connectivity index (χ4v) is 4.90. The van der Waals surface area contributed by atoms with E-state index in [1.807, 2.05) is 36.4 Å². The molecule has 0 spiro atoms. The number of carbonyl (C=O) groups is 1. The highest BCUT2D eigenvalue weighted by molar-refractivity contribution is 6.16. The molecule has 0 saturated heterocycles. The summed E-state index contributed by atoms with van der Waals surface area (Å²) >= 11 is 0. The molecule has 1 heterocycles. The van der Waals surface area contributed by atoms with Crippen LogP contribution in [0, 0.1) is 0 Å². The van der Waals surface area contributed by atoms with Crippen LogP contribution in [0.4, 0.5) is 5.69 Å². The van der Waals surface area contributed by atoms with E-state index in [1.54, 1.807) is 12.1 Å². The molecule has 168 valence electrons. The summed E-state index contributed by atoms with van der Waals surface area (Å²) in [4.78, 5) is 17.0. The van der Waals surface area contributed by atoms with Gasteiger partial charge in [0.05, 0.1) is 18.4 Å². The molecule has 1 aliphatic heterocycles. The number of ether oxygens (including phenoxy) is 2. The van der Waals surface area contributed by atoms with Gasteiger partial charge in [-0.1, -0.05) is 52.0 Å². The third-order valence-corrected chi connectivity index (χ3v) is 7.10. The van der Waals surface area contributed by atoms with Crippen LogP contribution in [0.15, 0.2) is 65.7 Å². The Kier molecular flexibility index (Phi) is 4.93. The Hall–Kier alpha value is -3.40. The van der Waals surface area contributed by atoms with Crippen LogP contribution in [-0.4, -0.2) is 18.8 Å². The first-order chi connectivity index (χ1) is 15.7. The van der Waals surface area contributed by atoms with Crippen molar-refractivity contribution in [2.75, 3.05) is 7.11 Å². The molecule has 4 nitrogen and oxygen atoms in total. The highest BCUT2D eigenvalue weighted by atomic mass is 16.5. The van der Waals surface area contributed by atoms with Crippen LogP contribution in [0.2, 0.25) is 0 Å². The minimum atomic E-state index is -0.350. The van der Waals surface area contributed by atoms with Crippen molar-refractivity contribution >= 4 is 17.4 Å². The summed E-state index contributed by atoms with van der Waals surface area (Å²) in [6.45, 7) is 9.28. The summed E-state index contributed by atoms with van der Waals surface area (Å²) < 4.78 is 11.3. The number of aliphatic imine (C=N–C) groups is 1. The SMILES string of the molecule is COC(=O)c1ccc(C2=Nc3ccccc3Oc3cc4c(cc32)C(C)(C)CCC4(C)C)cc1. The van der Waals surface area contributed by atoms with Crippen molar-refractivity contribution in [1.82, 2.24) is 0 Å². The van der Waals surface area contributed by atoms with E-state index in [0.29, 0.717) is 5.56 Å². The van der Waals surface area contributed by atoms with E-state index < -0.39 is 0 Å². The largest absolute Gasteiger partial charge is 0.465 e. The number of rotatable bonds is 2. The van der Waals surface area contributed by atoms with Gasteiger partial charge in [0.15, 0.2) is 5.75 Å². The number of esters is 1. The molecule has 0 fully saturated rings. The number of hydrogen-bond donors (Lipinski definition) is 0. The number of fused-ring (bicyclic) bond motifs is 3. The maximum atomic E-state index is 11.9. The summed E-state index contributed by atoms with van der Waals surface area (Å²) in [5, 5.41) is 0. The van der Waals surface area contributed by atoms with Crippen molar-refractivity contribution < 1.29 is 14.3 Å². The fraction of sp³-hybridized carbons (Fsp3) is 0.310. The molecular formula is C29H29NO3. The van der Waals surface area contributed by atoms with Crippen LogP contribution >= 0.6 is 0 Å². The lowest BCUT2D eigenvalue weighted by Gasteiger charge is -2.42. The number of benzene rings is 3. The van der Waals surface area contributed by atoms with Gasteiger partial charge in [0, 0.05) is 11.1 Å². The highest BCUT2D eigenvalue weighted by Gasteiger charge is 2.38. The lowest BCUT2D eigenvalue weighted by molar-refractivity contribution is 0.0600. The summed E-state index contributed by atoms with van der Waals surface area (Å²) in [6, 6.07) is 19.8. The first kappa shape index (κ1) is 21.4. The van der Waals surface area contributed by atoms with Crippen molar-refractivity contribution in [3.8, 4) is 11.5 Å². The van der Waals surface area contributed by atoms with Gasteiger partial charge in [0.1, 0.15) is 11.4 Å². The maximum absolute atomic E-state index is 11.9. The van der Waals surface area contributed by atoms with Crippen LogP contribution < -0.4 is 4.74 Å². The average molecular weight is 440 g/mol. The zero-order valence-corrected chi connectivity index (χ0v) is 19.9. The molecule has 1 aliphatic carbocycles. The summed E-state index contributed by atoms with van der Waals surface area (Å²) in [5.41, 5.74) is 6.89. The van der Waals surface area contributed by atoms with Crippen molar-refractivity contribution in [1.29, 1.82) is 0 Å². The third-order valence-electron chi connectivity index (χ3n) is 7.10. The highest BCUT2D eigenvalue weighted by Crippen LogP contribution is 2.49. The number of hydrogen-bond acceptors (Lipinski definition) is 4. The molecule has 0 atom stereocenters. The van der Waals surface area contributed by atoms with Gasteiger partial charge in [-0.15, -0.1) is 0 Å². The van der Waals surface area contributed by atoms with Crippen molar-refractivity contribution in [2.45, 2.75) is 51.4 Å². The predicted octanol–water partition coefficient (Wildman–Crippen LogP) is 7.10. The van der Waals surface area contributed by atoms with Crippen LogP contribution in [0.3, 0.4) is 0 Å². The van der Waals surface area contributed by atoms with E-state index in [4.69, 9.17) is 14.5 Å². The van der Waals surface area contributed by atoms with E-state index in [1.165, 1.54) is 18.2 Å². The van der Waals surface area contributed by atoms with Crippen LogP contribution in [0.1, 0.15) is 73.1 Å². The second kappa shape index (κ2) is 7.58. The van der Waals surface area contributed by atoms with Crippen molar-refractivity contribution in [3.63, 3.8) is 0 Å². The standard InChI is InChI=1S/C29H29NO3/c1-28(2)14-15-29(3,4)22-17-25-20(16-21(22)28)26(30-23-8-6-7-9-24(23)33-25)18-10-12-19(13-11-18)27(31)32-5/h6-13,16-17H,14-15H2,1-5H3. The monoisotopic (exact) mass is 439 g/mol. The van der Waals surface area contributed by atoms with Gasteiger partial charge in [-0.05, 0) is 71.2 Å². The molecule has 5 rings (SSSR count). The van der Waals surface area contributed by atoms with Crippen molar-refractivity contribution in [2.24, 2.45) is 4.99 Å². The topological polar surface area (TPSA) is 47.9 Å². The lowest BCUT2D eigenvalue weighted by Crippen LogP contribution is -2.34. The number of carbonyl (C=O) groups excluding carboxylic acids is 1. The van der Waals surface area contributed by atoms with Crippen molar-refractivity contribution in [3.05, 3.63) is 88.5 Å². The van der Waals surface area contributed by atoms with E-state index in [-0.39, 0.29) is 16.8 Å². The minimum Gasteiger partial charge on any atom is -0.465 e. The van der Waals surface area contributed by atoms with Crippen LogP contribution in [0.5, 0.6) is 11.5 Å². The normalized spacial score (nSPS) is 17.4. The zero-order chi connectivity index (χ0) is 23.4. The minimum absolute atomic E-state index is 0.0683. The molecule has 3 aromatic rings. The summed E-state index contributed by atoms with van der Waals surface area (Å²) in [7, 11) is 1.39. The van der Waals surface area contributed by atoms with E-state index in [0.717, 1.165) is 46.9 Å². The molecule has 0 N–H and O–H groups in total. The molecule has 4 heteroatoms. The molecular weight excluding hydrogens is 410 g/mol. The fourth-order valence-electron chi connectivity index (χ4n) is 4.90. The smallest absolute Gasteiger partial charge is 0.337 e. The van der Waals surface area contributed by atoms with Gasteiger partial charge in [-0.2, -0.15) is 0 Å². The number of nitrogens with zero attached hydrogens (tertiary/aromatic N) is 1. The molecule has 33 heavy (non-hydrogen) atoms. The van der Waals surface area contributed by atoms with E-state index in [2.05, 4.69) is 39.8 Å². The van der Waals surface area contributed by atoms with Crippen LogP contribution in [-0.2, 0) is 15.6 Å². The first-order valence-corrected chi connectivity index (χ1v) is 11.4. The molecule has 0 bridgehead atoms. The van der Waals surface area contributed by atoms with Gasteiger partial charge in [-0.3, -0.25) is 0 Å². The molecule has 0 amide bonds. The molecule has 0 aromatic heterocycles. The molecule has 0 saturated carbocycles. The second-order valence-corrected chi connectivity index (χ2v) is 10.3. The van der Waals surface area contributed by atoms with E-state index in [9.17, 15) is 4.79 Å². The third kappa shape index (κ3) is 3.64. The Morgan fingerprint density at radius 2 is 1.52 bits per heavy atom. The first-order valence-electron chi connectivity index (χ1n) is 11.4. The van der Waals surface area contributed by atoms with Gasteiger partial charge in [-0.25, -0.2) is 9.79 Å². The lowest BCUT2D eigenvalue weighted by atomic mass is 9.62. The Morgan fingerprint density at radius 3 is 2.18 bits per heavy atom. The zero-order valence-electron chi connectivity index (χ0n) is 19.9. The van der Waals surface area contributed by atoms with Gasteiger partial charge < -0.3 is 9.47 Å². The molecule has 0 unspecified atom stereocenters. The summed E-state index contributed by atoms with van der Waals surface area (Å²) in [5.74, 6) is 1.21. The Labute approximate surface area is 195 Å². The Balaban J connectivity index is 1.75. The maximum Gasteiger partial charge on any atom is 0.337 e. The molecule has 0 radical (unpaired) electrons. The molecule has 3 aromatic carbocycles. The van der Waals surface area contributed by atoms with E-state index >= 15 is 0 Å². The van der Waals surface area contributed by atoms with Crippen LogP contribution in [0.25, 0.3) is 0 Å². The van der Waals surface area contributed by atoms with Gasteiger partial charge >= 0.3 is 5.97 Å². The quantitative estimate of drug-likeness (QED) is 0.313. The second-order valence-electron chi connectivity index (χ2n) is 10.3. The number of para-hydroxylation sites is 2. The summed E-state index contributed by atoms with van der Waals surface area (Å²) in [6.07, 6.45) is 2.27. The molecule has 2 aliphatic rings. The van der Waals surface area contributed by atoms with Gasteiger partial charge in [0.25, 0.3) is 0 Å².